The van der Waals surface area contributed by atoms with Crippen LogP contribution in [0.25, 0.3) is 0 Å². The summed E-state index contributed by atoms with van der Waals surface area (Å²) < 4.78 is 39.4. The number of methoxy groups -OCH3 is 2. The molecule has 1 unspecified atom stereocenters. The van der Waals surface area contributed by atoms with Crippen LogP contribution >= 0.6 is 11.6 Å². The van der Waals surface area contributed by atoms with Crippen molar-refractivity contribution in [3.8, 4) is 11.5 Å². The Morgan fingerprint density at radius 1 is 0.971 bits per heavy atom. The van der Waals surface area contributed by atoms with Crippen molar-refractivity contribution in [1.29, 1.82) is 0 Å². The average Bonchev–Trinajstić information content (AvgIpc) is 2.80. The number of carbonyl (C=O) groups excluding carboxylic acids is 1. The summed E-state index contributed by atoms with van der Waals surface area (Å²) in [6, 6.07) is 14.3. The van der Waals surface area contributed by atoms with Gasteiger partial charge < -0.3 is 14.8 Å². The van der Waals surface area contributed by atoms with Gasteiger partial charge in [-0.15, -0.1) is 0 Å². The first-order valence-corrected chi connectivity index (χ1v) is 12.3. The van der Waals surface area contributed by atoms with Gasteiger partial charge in [0, 0.05) is 11.1 Å². The SMILES string of the molecule is COc1ccc(OC)c(C(C)NC(=O)c2ccc(Cl)c(S(=O)(=O)Nc3ccc(C)cc3C)c2)c1. The second-order valence-corrected chi connectivity index (χ2v) is 9.93. The third-order valence-corrected chi connectivity index (χ3v) is 7.21. The van der Waals surface area contributed by atoms with Gasteiger partial charge in [0.2, 0.25) is 0 Å². The number of sulfonamides is 1. The van der Waals surface area contributed by atoms with Gasteiger partial charge in [0.25, 0.3) is 15.9 Å². The van der Waals surface area contributed by atoms with Crippen LogP contribution in [0.15, 0.2) is 59.5 Å². The monoisotopic (exact) mass is 502 g/mol. The molecular formula is C25H27ClN2O5S. The van der Waals surface area contributed by atoms with Gasteiger partial charge in [-0.3, -0.25) is 9.52 Å². The number of amides is 1. The molecule has 3 rings (SSSR count). The van der Waals surface area contributed by atoms with E-state index in [2.05, 4.69) is 10.0 Å². The van der Waals surface area contributed by atoms with E-state index in [4.69, 9.17) is 21.1 Å². The summed E-state index contributed by atoms with van der Waals surface area (Å²) in [6.45, 7) is 5.53. The topological polar surface area (TPSA) is 93.7 Å². The maximum atomic E-state index is 13.1. The summed E-state index contributed by atoms with van der Waals surface area (Å²) in [6.07, 6.45) is 0. The zero-order valence-corrected chi connectivity index (χ0v) is 21.2. The third kappa shape index (κ3) is 5.63. The molecule has 0 saturated carbocycles. The predicted molar refractivity (Wildman–Crippen MR) is 134 cm³/mol. The van der Waals surface area contributed by atoms with E-state index in [1.807, 2.05) is 26.0 Å². The van der Waals surface area contributed by atoms with Crippen LogP contribution in [0.2, 0.25) is 5.02 Å². The molecule has 180 valence electrons. The molecule has 0 radical (unpaired) electrons. The largest absolute Gasteiger partial charge is 0.497 e. The molecule has 7 nitrogen and oxygen atoms in total. The van der Waals surface area contributed by atoms with Crippen molar-refractivity contribution in [2.75, 3.05) is 18.9 Å². The lowest BCUT2D eigenvalue weighted by Crippen LogP contribution is -2.27. The quantitative estimate of drug-likeness (QED) is 0.438. The van der Waals surface area contributed by atoms with Crippen LogP contribution in [-0.4, -0.2) is 28.5 Å². The van der Waals surface area contributed by atoms with Gasteiger partial charge in [-0.25, -0.2) is 8.42 Å². The van der Waals surface area contributed by atoms with E-state index in [-0.39, 0.29) is 15.5 Å². The molecule has 1 amide bonds. The molecule has 9 heteroatoms. The first kappa shape index (κ1) is 25.4. The van der Waals surface area contributed by atoms with Crippen molar-refractivity contribution in [3.63, 3.8) is 0 Å². The Hall–Kier alpha value is -3.23. The smallest absolute Gasteiger partial charge is 0.263 e. The Bertz CT molecular complexity index is 1320. The molecule has 0 aliphatic heterocycles. The number of hydrogen-bond acceptors (Lipinski definition) is 5. The maximum absolute atomic E-state index is 13.1. The van der Waals surface area contributed by atoms with Crippen LogP contribution < -0.4 is 19.5 Å². The minimum atomic E-state index is -4.03. The number of nitrogens with one attached hydrogen (secondary N) is 2. The fourth-order valence-corrected chi connectivity index (χ4v) is 5.17. The first-order valence-electron chi connectivity index (χ1n) is 10.5. The summed E-state index contributed by atoms with van der Waals surface area (Å²) in [5.41, 5.74) is 3.09. The summed E-state index contributed by atoms with van der Waals surface area (Å²) in [4.78, 5) is 12.8. The third-order valence-electron chi connectivity index (χ3n) is 5.36. The molecule has 0 saturated heterocycles. The Balaban J connectivity index is 1.87. The number of rotatable bonds is 8. The van der Waals surface area contributed by atoms with Crippen molar-refractivity contribution in [1.82, 2.24) is 5.32 Å². The highest BCUT2D eigenvalue weighted by Gasteiger charge is 2.22. The molecule has 0 fully saturated rings. The van der Waals surface area contributed by atoms with Gasteiger partial charge in [0.15, 0.2) is 0 Å². The van der Waals surface area contributed by atoms with Crippen molar-refractivity contribution < 1.29 is 22.7 Å². The zero-order valence-electron chi connectivity index (χ0n) is 19.6. The predicted octanol–water partition coefficient (Wildman–Crippen LogP) is 5.27. The summed E-state index contributed by atoms with van der Waals surface area (Å²) in [5.74, 6) is 0.747. The van der Waals surface area contributed by atoms with Crippen LogP contribution in [0.5, 0.6) is 11.5 Å². The van der Waals surface area contributed by atoms with E-state index < -0.39 is 22.0 Å². The van der Waals surface area contributed by atoms with Crippen LogP contribution in [0, 0.1) is 13.8 Å². The molecule has 2 N–H and O–H groups in total. The molecule has 0 bridgehead atoms. The number of carbonyl (C=O) groups is 1. The average molecular weight is 503 g/mol. The molecule has 0 aliphatic carbocycles. The molecule has 0 spiro atoms. The van der Waals surface area contributed by atoms with Crippen molar-refractivity contribution in [2.24, 2.45) is 0 Å². The Morgan fingerprint density at radius 2 is 1.71 bits per heavy atom. The van der Waals surface area contributed by atoms with E-state index >= 15 is 0 Å². The van der Waals surface area contributed by atoms with Crippen LogP contribution in [-0.2, 0) is 10.0 Å². The van der Waals surface area contributed by atoms with Crippen molar-refractivity contribution >= 4 is 33.2 Å². The molecule has 0 aliphatic rings. The Labute approximate surface area is 205 Å². The molecule has 3 aromatic carbocycles. The second kappa shape index (κ2) is 10.4. The van der Waals surface area contributed by atoms with Gasteiger partial charge >= 0.3 is 0 Å². The molecule has 0 heterocycles. The molecule has 0 aromatic heterocycles. The standard InChI is InChI=1S/C25H27ClN2O5S/c1-15-6-10-22(16(2)12-15)28-34(30,31)24-13-18(7-9-21(24)26)25(29)27-17(3)20-14-19(32-4)8-11-23(20)33-5/h6-14,17,28H,1-5H3,(H,27,29). The molecule has 3 aromatic rings. The van der Waals surface area contributed by atoms with E-state index in [0.717, 1.165) is 11.1 Å². The lowest BCUT2D eigenvalue weighted by atomic mass is 10.1. The lowest BCUT2D eigenvalue weighted by Gasteiger charge is -2.19. The summed E-state index contributed by atoms with van der Waals surface area (Å²) in [7, 11) is -0.941. The molecule has 1 atom stereocenters. The van der Waals surface area contributed by atoms with E-state index in [1.165, 1.54) is 18.2 Å². The number of hydrogen-bond donors (Lipinski definition) is 2. The maximum Gasteiger partial charge on any atom is 0.263 e. The normalized spacial score (nSPS) is 12.1. The lowest BCUT2D eigenvalue weighted by molar-refractivity contribution is 0.0939. The zero-order chi connectivity index (χ0) is 25.0. The highest BCUT2D eigenvalue weighted by atomic mass is 35.5. The fraction of sp³-hybridized carbons (Fsp3) is 0.240. The van der Waals surface area contributed by atoms with Gasteiger partial charge in [0.1, 0.15) is 16.4 Å². The second-order valence-electron chi connectivity index (χ2n) is 7.87. The highest BCUT2D eigenvalue weighted by Crippen LogP contribution is 2.30. The van der Waals surface area contributed by atoms with Crippen LogP contribution in [0.3, 0.4) is 0 Å². The van der Waals surface area contributed by atoms with Crippen molar-refractivity contribution in [2.45, 2.75) is 31.7 Å². The van der Waals surface area contributed by atoms with Crippen molar-refractivity contribution in [3.05, 3.63) is 81.9 Å². The number of benzene rings is 3. The summed E-state index contributed by atoms with van der Waals surface area (Å²) in [5, 5.41) is 2.88. The Kier molecular flexibility index (Phi) is 7.74. The summed E-state index contributed by atoms with van der Waals surface area (Å²) >= 11 is 6.21. The minimum absolute atomic E-state index is 0.0105. The van der Waals surface area contributed by atoms with Gasteiger partial charge in [0.05, 0.1) is 31.0 Å². The van der Waals surface area contributed by atoms with E-state index in [9.17, 15) is 13.2 Å². The highest BCUT2D eigenvalue weighted by molar-refractivity contribution is 7.92. The van der Waals surface area contributed by atoms with Gasteiger partial charge in [-0.2, -0.15) is 0 Å². The molecular weight excluding hydrogens is 476 g/mol. The first-order chi connectivity index (χ1) is 16.1. The molecule has 34 heavy (non-hydrogen) atoms. The minimum Gasteiger partial charge on any atom is -0.497 e. The number of anilines is 1. The van der Waals surface area contributed by atoms with Crippen LogP contribution in [0.4, 0.5) is 5.69 Å². The van der Waals surface area contributed by atoms with Gasteiger partial charge in [-0.05, 0) is 68.8 Å². The van der Waals surface area contributed by atoms with E-state index in [0.29, 0.717) is 22.7 Å². The van der Waals surface area contributed by atoms with Gasteiger partial charge in [-0.1, -0.05) is 29.3 Å². The Morgan fingerprint density at radius 3 is 2.35 bits per heavy atom. The number of aryl methyl sites for hydroxylation is 2. The van der Waals surface area contributed by atoms with Crippen LogP contribution in [0.1, 0.15) is 40.0 Å². The fourth-order valence-electron chi connectivity index (χ4n) is 3.51. The van der Waals surface area contributed by atoms with E-state index in [1.54, 1.807) is 45.4 Å². The number of ether oxygens (including phenoxy) is 2. The number of halogens is 1.